The number of carbonyl (C=O) groups is 4. The molecule has 4 N–H and O–H groups in total. The first-order chi connectivity index (χ1) is 22.3. The number of primary amides is 1. The van der Waals surface area contributed by atoms with Crippen LogP contribution < -0.4 is 10.6 Å². The lowest BCUT2D eigenvalue weighted by molar-refractivity contribution is -0.119. The van der Waals surface area contributed by atoms with Gasteiger partial charge in [0.15, 0.2) is 5.78 Å². The SMILES string of the molecule is NC(=O)C1CCc2c1ccc1[nH]c(C(=O)N3CCc4c3ccc3[nH]c(C(=O)N5CC6CC67C(=O)c6ccccc6C=C57)cc43)cc21. The molecule has 46 heavy (non-hydrogen) atoms. The third-order valence-electron chi connectivity index (χ3n) is 11.2. The van der Waals surface area contributed by atoms with Crippen LogP contribution in [-0.2, 0) is 17.6 Å². The van der Waals surface area contributed by atoms with Crippen molar-refractivity contribution in [2.75, 3.05) is 18.0 Å². The van der Waals surface area contributed by atoms with E-state index in [1.165, 1.54) is 0 Å². The number of nitrogens with zero attached hydrogens (tertiary/aromatic N) is 2. The molecule has 0 radical (unpaired) electrons. The summed E-state index contributed by atoms with van der Waals surface area (Å²) < 4.78 is 0. The highest BCUT2D eigenvalue weighted by atomic mass is 16.2. The molecule has 3 atom stereocenters. The molecule has 3 aromatic carbocycles. The Bertz CT molecular complexity index is 2310. The number of nitrogens with two attached hydrogens (primary N) is 1. The average molecular weight is 608 g/mol. The molecule has 2 aliphatic heterocycles. The van der Waals surface area contributed by atoms with Gasteiger partial charge in [0.1, 0.15) is 11.4 Å². The molecule has 2 fully saturated rings. The van der Waals surface area contributed by atoms with Crippen LogP contribution in [0.4, 0.5) is 5.69 Å². The largest absolute Gasteiger partial charge is 0.369 e. The van der Waals surface area contributed by atoms with Gasteiger partial charge < -0.3 is 25.5 Å². The molecule has 10 rings (SSSR count). The van der Waals surface area contributed by atoms with Crippen molar-refractivity contribution in [1.29, 1.82) is 0 Å². The number of anilines is 1. The maximum absolute atomic E-state index is 14.0. The molecule has 226 valence electrons. The van der Waals surface area contributed by atoms with Gasteiger partial charge in [0.2, 0.25) is 5.91 Å². The summed E-state index contributed by atoms with van der Waals surface area (Å²) in [5.41, 5.74) is 14.1. The molecule has 4 heterocycles. The van der Waals surface area contributed by atoms with Gasteiger partial charge in [0.05, 0.1) is 11.3 Å². The standard InChI is InChI=1S/C37H29N5O4/c38-34(44)24-6-5-22-21(24)7-8-27-25(22)14-29(39-27)35(45)41-12-11-23-26-15-30(40-28(26)9-10-31(23)41)36(46)42-17-19-16-37(19)32(42)13-18-3-1-2-4-20(18)33(37)43/h1-4,7-10,13-15,19,24,39-40H,5-6,11-12,16-17H2,(H2,38,44). The fourth-order valence-electron chi connectivity index (χ4n) is 8.90. The van der Waals surface area contributed by atoms with Crippen LogP contribution in [0.3, 0.4) is 0 Å². The summed E-state index contributed by atoms with van der Waals surface area (Å²) in [7, 11) is 0. The quantitative estimate of drug-likeness (QED) is 0.264. The first-order valence-corrected chi connectivity index (χ1v) is 15.9. The molecule has 9 nitrogen and oxygen atoms in total. The van der Waals surface area contributed by atoms with Crippen LogP contribution in [0, 0.1) is 11.3 Å². The monoisotopic (exact) mass is 607 g/mol. The van der Waals surface area contributed by atoms with Crippen LogP contribution in [-0.4, -0.2) is 51.5 Å². The summed E-state index contributed by atoms with van der Waals surface area (Å²) in [5, 5.41) is 1.90. The third-order valence-corrected chi connectivity index (χ3v) is 11.2. The number of allylic oxidation sites excluding steroid dienone is 1. The smallest absolute Gasteiger partial charge is 0.274 e. The number of aromatic nitrogens is 2. The molecule has 3 aliphatic carbocycles. The number of hydrogen-bond acceptors (Lipinski definition) is 4. The number of aromatic amines is 2. The fourth-order valence-corrected chi connectivity index (χ4v) is 8.90. The number of H-pyrrole nitrogens is 2. The van der Waals surface area contributed by atoms with E-state index in [0.29, 0.717) is 37.3 Å². The summed E-state index contributed by atoms with van der Waals surface area (Å²) in [5.74, 6) is -0.552. The fraction of sp³-hybridized carbons (Fsp3) is 0.243. The van der Waals surface area contributed by atoms with Gasteiger partial charge in [0, 0.05) is 51.8 Å². The van der Waals surface area contributed by atoms with E-state index in [1.807, 2.05) is 66.7 Å². The van der Waals surface area contributed by atoms with Crippen molar-refractivity contribution in [3.63, 3.8) is 0 Å². The number of hydrogen-bond donors (Lipinski definition) is 3. The Balaban J connectivity index is 0.966. The van der Waals surface area contributed by atoms with Crippen molar-refractivity contribution in [2.24, 2.45) is 17.1 Å². The topological polar surface area (TPSA) is 132 Å². The highest BCUT2D eigenvalue weighted by Gasteiger charge is 2.69. The second-order valence-electron chi connectivity index (χ2n) is 13.4. The molecule has 1 saturated carbocycles. The van der Waals surface area contributed by atoms with Crippen molar-refractivity contribution >= 4 is 57.1 Å². The van der Waals surface area contributed by atoms with Crippen LogP contribution in [0.25, 0.3) is 27.9 Å². The maximum Gasteiger partial charge on any atom is 0.274 e. The number of rotatable bonds is 3. The number of nitrogens with one attached hydrogen (secondary N) is 2. The van der Waals surface area contributed by atoms with Crippen LogP contribution >= 0.6 is 0 Å². The van der Waals surface area contributed by atoms with E-state index in [4.69, 9.17) is 5.73 Å². The molecule has 9 heteroatoms. The summed E-state index contributed by atoms with van der Waals surface area (Å²) >= 11 is 0. The summed E-state index contributed by atoms with van der Waals surface area (Å²) in [6.07, 6.45) is 4.94. The molecule has 1 spiro atoms. The van der Waals surface area contributed by atoms with Crippen molar-refractivity contribution in [2.45, 2.75) is 31.6 Å². The van der Waals surface area contributed by atoms with Crippen LogP contribution in [0.1, 0.15) is 72.3 Å². The zero-order valence-corrected chi connectivity index (χ0v) is 24.9. The van der Waals surface area contributed by atoms with Crippen LogP contribution in [0.2, 0.25) is 0 Å². The van der Waals surface area contributed by atoms with Gasteiger partial charge in [-0.25, -0.2) is 0 Å². The lowest BCUT2D eigenvalue weighted by Crippen LogP contribution is -2.34. The second kappa shape index (κ2) is 8.63. The number of Topliss-reactive ketones (excluding diaryl/α,β-unsaturated/α-hetero) is 1. The zero-order valence-electron chi connectivity index (χ0n) is 24.9. The number of fused-ring (bicyclic) bond motifs is 7. The number of carbonyl (C=O) groups excluding carboxylic acids is 4. The van der Waals surface area contributed by atoms with Gasteiger partial charge in [-0.15, -0.1) is 0 Å². The Morgan fingerprint density at radius 3 is 2.35 bits per heavy atom. The van der Waals surface area contributed by atoms with Gasteiger partial charge in [-0.1, -0.05) is 30.3 Å². The van der Waals surface area contributed by atoms with E-state index in [0.717, 1.165) is 73.8 Å². The molecule has 3 unspecified atom stereocenters. The number of aryl methyl sites for hydroxylation is 1. The third kappa shape index (κ3) is 3.19. The number of piperidine rings is 1. The number of likely N-dealkylation sites (tertiary alicyclic amines) is 1. The molecule has 5 aromatic rings. The van der Waals surface area contributed by atoms with Crippen molar-refractivity contribution in [3.05, 3.63) is 106 Å². The highest BCUT2D eigenvalue weighted by molar-refractivity contribution is 6.13. The first kappa shape index (κ1) is 25.8. The van der Waals surface area contributed by atoms with E-state index in [1.54, 1.807) is 9.80 Å². The minimum absolute atomic E-state index is 0.116. The van der Waals surface area contributed by atoms with Crippen molar-refractivity contribution in [1.82, 2.24) is 14.9 Å². The Morgan fingerprint density at radius 2 is 1.57 bits per heavy atom. The van der Waals surface area contributed by atoms with Crippen LogP contribution in [0.15, 0.2) is 66.4 Å². The highest BCUT2D eigenvalue weighted by Crippen LogP contribution is 2.67. The summed E-state index contributed by atoms with van der Waals surface area (Å²) in [4.78, 5) is 63.6. The van der Waals surface area contributed by atoms with Crippen molar-refractivity contribution in [3.8, 4) is 0 Å². The Kier molecular flexibility index (Phi) is 4.85. The van der Waals surface area contributed by atoms with E-state index >= 15 is 0 Å². The normalized spacial score (nSPS) is 23.7. The van der Waals surface area contributed by atoms with Gasteiger partial charge in [0.25, 0.3) is 11.8 Å². The van der Waals surface area contributed by atoms with E-state index in [9.17, 15) is 19.2 Å². The Labute approximate surface area is 263 Å². The Morgan fingerprint density at radius 1 is 0.848 bits per heavy atom. The lowest BCUT2D eigenvalue weighted by Gasteiger charge is -2.28. The molecular formula is C37H29N5O4. The predicted octanol–water partition coefficient (Wildman–Crippen LogP) is 5.07. The van der Waals surface area contributed by atoms with E-state index < -0.39 is 5.41 Å². The number of amides is 3. The molecule has 3 amide bonds. The van der Waals surface area contributed by atoms with Gasteiger partial charge in [-0.3, -0.25) is 19.2 Å². The van der Waals surface area contributed by atoms with Crippen molar-refractivity contribution < 1.29 is 19.2 Å². The minimum Gasteiger partial charge on any atom is -0.369 e. The summed E-state index contributed by atoms with van der Waals surface area (Å²) in [6.45, 7) is 1.07. The maximum atomic E-state index is 14.0. The van der Waals surface area contributed by atoms with Gasteiger partial charge in [-0.2, -0.15) is 0 Å². The first-order valence-electron chi connectivity index (χ1n) is 15.9. The molecule has 0 bridgehead atoms. The number of ketones is 1. The average Bonchev–Trinajstić information content (AvgIpc) is 3.68. The molecule has 2 aromatic heterocycles. The molecular weight excluding hydrogens is 578 g/mol. The van der Waals surface area contributed by atoms with Crippen LogP contribution in [0.5, 0.6) is 0 Å². The number of benzene rings is 3. The summed E-state index contributed by atoms with van der Waals surface area (Å²) in [6, 6.07) is 19.2. The molecule has 1 saturated heterocycles. The zero-order chi connectivity index (χ0) is 31.1. The predicted molar refractivity (Wildman–Crippen MR) is 173 cm³/mol. The second-order valence-corrected chi connectivity index (χ2v) is 13.4. The Hall–Kier alpha value is -5.44. The van der Waals surface area contributed by atoms with E-state index in [-0.39, 0.29) is 35.3 Å². The van der Waals surface area contributed by atoms with Gasteiger partial charge in [-0.05, 0) is 90.3 Å². The molecule has 5 aliphatic rings. The van der Waals surface area contributed by atoms with E-state index in [2.05, 4.69) is 9.97 Å². The minimum atomic E-state index is -0.565. The lowest BCUT2D eigenvalue weighted by atomic mass is 9.83. The van der Waals surface area contributed by atoms with Gasteiger partial charge >= 0.3 is 0 Å².